The van der Waals surface area contributed by atoms with Crippen molar-refractivity contribution in [2.45, 2.75) is 26.6 Å². The van der Waals surface area contributed by atoms with Crippen molar-refractivity contribution in [1.29, 1.82) is 0 Å². The van der Waals surface area contributed by atoms with E-state index in [1.54, 1.807) is 12.1 Å². The zero-order valence-electron chi connectivity index (χ0n) is 13.4. The molecule has 0 atom stereocenters. The Morgan fingerprint density at radius 2 is 1.55 bits per heavy atom. The molecule has 0 bridgehead atoms. The van der Waals surface area contributed by atoms with E-state index in [9.17, 15) is 4.39 Å². The fourth-order valence-electron chi connectivity index (χ4n) is 1.77. The molecular weight excluding hydrogens is 289 g/mol. The molecule has 0 spiro atoms. The molecule has 2 aromatic rings. The minimum Gasteiger partial charge on any atom is -0.239 e. The summed E-state index contributed by atoms with van der Waals surface area (Å²) in [6.45, 7) is 8.61. The number of nitrogens with zero attached hydrogens (tertiary/aromatic N) is 1. The van der Waals surface area contributed by atoms with Gasteiger partial charge in [0.05, 0.1) is 5.69 Å². The quantitative estimate of drug-likeness (QED) is 0.414. The largest absolute Gasteiger partial charge is 0.239 e. The van der Waals surface area contributed by atoms with Gasteiger partial charge in [0.15, 0.2) is 0 Å². The first-order chi connectivity index (χ1) is 10.3. The number of aliphatic imine (C=N–C) groups is 1. The molecule has 2 aromatic carbocycles. The Hall–Kier alpha value is -2.18. The lowest BCUT2D eigenvalue weighted by Crippen LogP contribution is -2.17. The molecule has 0 fully saturated rings. The third kappa shape index (κ3) is 4.98. The molecule has 22 heavy (non-hydrogen) atoms. The summed E-state index contributed by atoms with van der Waals surface area (Å²) < 4.78 is 13.1. The average molecular weight is 309 g/mol. The van der Waals surface area contributed by atoms with Crippen molar-refractivity contribution in [3.05, 3.63) is 65.5 Å². The average Bonchev–Trinajstić information content (AvgIpc) is 2.45. The maximum atomic E-state index is 13.1. The van der Waals surface area contributed by atoms with Crippen LogP contribution in [0.5, 0.6) is 0 Å². The Morgan fingerprint density at radius 3 is 2.09 bits per heavy atom. The SMILES string of the molecule is Cc1ccc(N=C(C#C[Si](C)(C)C)c2ccc(F)cc2)cc1. The van der Waals surface area contributed by atoms with Crippen molar-refractivity contribution in [3.63, 3.8) is 0 Å². The Morgan fingerprint density at radius 1 is 0.955 bits per heavy atom. The van der Waals surface area contributed by atoms with Crippen molar-refractivity contribution in [2.75, 3.05) is 0 Å². The number of benzene rings is 2. The van der Waals surface area contributed by atoms with Gasteiger partial charge in [-0.2, -0.15) is 0 Å². The molecule has 0 saturated heterocycles. The molecular formula is C19H20FNSi. The van der Waals surface area contributed by atoms with Crippen LogP contribution in [-0.2, 0) is 0 Å². The summed E-state index contributed by atoms with van der Waals surface area (Å²) in [7, 11) is -1.51. The van der Waals surface area contributed by atoms with E-state index in [0.717, 1.165) is 11.3 Å². The molecule has 0 aliphatic rings. The number of hydrogen-bond acceptors (Lipinski definition) is 1. The fraction of sp³-hybridized carbons (Fsp3) is 0.211. The molecule has 0 amide bonds. The lowest BCUT2D eigenvalue weighted by atomic mass is 10.1. The Labute approximate surface area is 132 Å². The summed E-state index contributed by atoms with van der Waals surface area (Å²) in [5, 5.41) is 0. The maximum absolute atomic E-state index is 13.1. The van der Waals surface area contributed by atoms with Gasteiger partial charge in [-0.1, -0.05) is 43.3 Å². The second-order valence-corrected chi connectivity index (χ2v) is 11.1. The van der Waals surface area contributed by atoms with Crippen molar-refractivity contribution in [3.8, 4) is 11.5 Å². The van der Waals surface area contributed by atoms with Crippen LogP contribution in [0.15, 0.2) is 53.5 Å². The predicted molar refractivity (Wildman–Crippen MR) is 94.9 cm³/mol. The molecule has 0 aliphatic heterocycles. The lowest BCUT2D eigenvalue weighted by molar-refractivity contribution is 0.628. The molecule has 112 valence electrons. The van der Waals surface area contributed by atoms with Gasteiger partial charge in [0.1, 0.15) is 19.6 Å². The van der Waals surface area contributed by atoms with Gasteiger partial charge in [0.25, 0.3) is 0 Å². The van der Waals surface area contributed by atoms with Crippen LogP contribution in [0, 0.1) is 24.2 Å². The van der Waals surface area contributed by atoms with Gasteiger partial charge in [0.2, 0.25) is 0 Å². The molecule has 0 N–H and O–H groups in total. The predicted octanol–water partition coefficient (Wildman–Crippen LogP) is 5.14. The molecule has 2 rings (SSSR count). The molecule has 1 nitrogen and oxygen atoms in total. The highest BCUT2D eigenvalue weighted by Gasteiger charge is 2.09. The van der Waals surface area contributed by atoms with Crippen LogP contribution in [-0.4, -0.2) is 13.8 Å². The first-order valence-corrected chi connectivity index (χ1v) is 10.8. The van der Waals surface area contributed by atoms with E-state index in [2.05, 4.69) is 36.1 Å². The topological polar surface area (TPSA) is 12.4 Å². The summed E-state index contributed by atoms with van der Waals surface area (Å²) in [4.78, 5) is 4.65. The van der Waals surface area contributed by atoms with Crippen LogP contribution in [0.25, 0.3) is 0 Å². The fourth-order valence-corrected chi connectivity index (χ4v) is 2.26. The zero-order valence-corrected chi connectivity index (χ0v) is 14.4. The molecule has 0 aliphatic carbocycles. The van der Waals surface area contributed by atoms with Gasteiger partial charge in [0, 0.05) is 5.56 Å². The molecule has 0 heterocycles. The molecule has 0 unspecified atom stereocenters. The Bertz CT molecular complexity index is 726. The third-order valence-corrected chi connectivity index (χ3v) is 3.82. The van der Waals surface area contributed by atoms with Crippen LogP contribution in [0.4, 0.5) is 10.1 Å². The highest BCUT2D eigenvalue weighted by Crippen LogP contribution is 2.15. The Balaban J connectivity index is 2.46. The summed E-state index contributed by atoms with van der Waals surface area (Å²) in [6.07, 6.45) is 0. The smallest absolute Gasteiger partial charge is 0.129 e. The minimum absolute atomic E-state index is 0.253. The summed E-state index contributed by atoms with van der Waals surface area (Å²) >= 11 is 0. The van der Waals surface area contributed by atoms with E-state index in [1.807, 2.05) is 31.2 Å². The lowest BCUT2D eigenvalue weighted by Gasteiger charge is -2.05. The van der Waals surface area contributed by atoms with Crippen molar-refractivity contribution in [2.24, 2.45) is 4.99 Å². The second-order valence-electron chi connectivity index (χ2n) is 6.30. The number of aryl methyl sites for hydroxylation is 1. The van der Waals surface area contributed by atoms with Crippen LogP contribution >= 0.6 is 0 Å². The van der Waals surface area contributed by atoms with Gasteiger partial charge in [-0.15, -0.1) is 5.54 Å². The van der Waals surface area contributed by atoms with Gasteiger partial charge in [-0.3, -0.25) is 0 Å². The van der Waals surface area contributed by atoms with Crippen molar-refractivity contribution >= 4 is 19.5 Å². The molecule has 3 heteroatoms. The highest BCUT2D eigenvalue weighted by atomic mass is 28.3. The van der Waals surface area contributed by atoms with Gasteiger partial charge in [-0.05, 0) is 43.3 Å². The van der Waals surface area contributed by atoms with E-state index in [0.29, 0.717) is 5.71 Å². The van der Waals surface area contributed by atoms with E-state index in [-0.39, 0.29) is 5.82 Å². The normalized spacial score (nSPS) is 11.8. The third-order valence-electron chi connectivity index (χ3n) is 2.95. The standard InChI is InChI=1S/C19H20FNSi/c1-15-5-11-18(12-6-15)21-19(13-14-22(2,3)4)16-7-9-17(20)10-8-16/h5-12H,1-4H3. The van der Waals surface area contributed by atoms with E-state index in [1.165, 1.54) is 17.7 Å². The second kappa shape index (κ2) is 6.72. The van der Waals surface area contributed by atoms with E-state index >= 15 is 0 Å². The number of halogens is 1. The minimum atomic E-state index is -1.51. The summed E-state index contributed by atoms with van der Waals surface area (Å²) in [6, 6.07) is 14.3. The maximum Gasteiger partial charge on any atom is 0.129 e. The van der Waals surface area contributed by atoms with Gasteiger partial charge in [-0.25, -0.2) is 9.38 Å². The number of rotatable bonds is 2. The first kappa shape index (κ1) is 16.2. The molecule has 0 aromatic heterocycles. The van der Waals surface area contributed by atoms with E-state index in [4.69, 9.17) is 0 Å². The Kier molecular flexibility index (Phi) is 4.94. The molecule has 0 radical (unpaired) electrons. The summed E-state index contributed by atoms with van der Waals surface area (Å²) in [5.41, 5.74) is 6.90. The van der Waals surface area contributed by atoms with Crippen LogP contribution in [0.3, 0.4) is 0 Å². The highest BCUT2D eigenvalue weighted by molar-refractivity contribution is 6.84. The van der Waals surface area contributed by atoms with Crippen LogP contribution in [0.1, 0.15) is 11.1 Å². The van der Waals surface area contributed by atoms with Crippen LogP contribution in [0.2, 0.25) is 19.6 Å². The van der Waals surface area contributed by atoms with Crippen molar-refractivity contribution < 1.29 is 4.39 Å². The van der Waals surface area contributed by atoms with Gasteiger partial charge >= 0.3 is 0 Å². The monoisotopic (exact) mass is 309 g/mol. The first-order valence-electron chi connectivity index (χ1n) is 7.28. The van der Waals surface area contributed by atoms with Gasteiger partial charge < -0.3 is 0 Å². The van der Waals surface area contributed by atoms with Crippen LogP contribution < -0.4 is 0 Å². The molecule has 0 saturated carbocycles. The number of hydrogen-bond donors (Lipinski definition) is 0. The van der Waals surface area contributed by atoms with Crippen molar-refractivity contribution in [1.82, 2.24) is 0 Å². The zero-order chi connectivity index (χ0) is 16.2. The van der Waals surface area contributed by atoms with E-state index < -0.39 is 8.07 Å². The summed E-state index contributed by atoms with van der Waals surface area (Å²) in [5.74, 6) is 2.94.